The van der Waals surface area contributed by atoms with Gasteiger partial charge in [-0.2, -0.15) is 0 Å². The number of piperidine rings is 1. The van der Waals surface area contributed by atoms with Crippen LogP contribution in [0.5, 0.6) is 11.5 Å². The fourth-order valence-corrected chi connectivity index (χ4v) is 4.04. The summed E-state index contributed by atoms with van der Waals surface area (Å²) in [5.41, 5.74) is 2.16. The number of ether oxygens (including phenoxy) is 2. The van der Waals surface area contributed by atoms with E-state index in [1.54, 1.807) is 24.5 Å². The normalized spacial score (nSPS) is 17.7. The summed E-state index contributed by atoms with van der Waals surface area (Å²) in [7, 11) is 0. The second-order valence-corrected chi connectivity index (χ2v) is 7.91. The molecule has 32 heavy (non-hydrogen) atoms. The van der Waals surface area contributed by atoms with Gasteiger partial charge in [-0.1, -0.05) is 12.1 Å². The number of carbonyl (C=O) groups excluding carboxylic acids is 1. The molecule has 3 heterocycles. The van der Waals surface area contributed by atoms with Gasteiger partial charge in [0.2, 0.25) is 11.9 Å². The van der Waals surface area contributed by atoms with Crippen molar-refractivity contribution >= 4 is 17.5 Å². The Kier molecular flexibility index (Phi) is 5.58. The van der Waals surface area contributed by atoms with Crippen LogP contribution in [0.3, 0.4) is 0 Å². The molecule has 164 valence electrons. The number of amides is 1. The summed E-state index contributed by atoms with van der Waals surface area (Å²) in [4.78, 5) is 23.8. The summed E-state index contributed by atoms with van der Waals surface area (Å²) in [6, 6.07) is 11.8. The maximum atomic E-state index is 13.5. The largest absolute Gasteiger partial charge is 0.486 e. The van der Waals surface area contributed by atoms with Gasteiger partial charge in [0.05, 0.1) is 5.92 Å². The molecule has 0 unspecified atom stereocenters. The van der Waals surface area contributed by atoms with Crippen molar-refractivity contribution in [3.63, 3.8) is 0 Å². The number of benzene rings is 2. The topological polar surface area (TPSA) is 76.6 Å². The number of hydrogen-bond acceptors (Lipinski definition) is 6. The predicted octanol–water partition coefficient (Wildman–Crippen LogP) is 3.91. The van der Waals surface area contributed by atoms with E-state index >= 15 is 0 Å². The highest BCUT2D eigenvalue weighted by Crippen LogP contribution is 2.33. The number of rotatable bonds is 4. The van der Waals surface area contributed by atoms with Crippen LogP contribution >= 0.6 is 0 Å². The zero-order chi connectivity index (χ0) is 21.9. The van der Waals surface area contributed by atoms with Gasteiger partial charge in [-0.05, 0) is 42.7 Å². The van der Waals surface area contributed by atoms with Gasteiger partial charge >= 0.3 is 0 Å². The Bertz CT molecular complexity index is 1120. The highest BCUT2D eigenvalue weighted by molar-refractivity contribution is 5.93. The minimum absolute atomic E-state index is 0.0391. The molecule has 2 aromatic carbocycles. The van der Waals surface area contributed by atoms with Gasteiger partial charge in [0.15, 0.2) is 11.5 Å². The van der Waals surface area contributed by atoms with E-state index in [0.717, 1.165) is 30.5 Å². The lowest BCUT2D eigenvalue weighted by Gasteiger charge is -2.32. The van der Waals surface area contributed by atoms with Crippen molar-refractivity contribution in [1.29, 1.82) is 0 Å². The monoisotopic (exact) mass is 434 g/mol. The second kappa shape index (κ2) is 8.82. The lowest BCUT2D eigenvalue weighted by molar-refractivity contribution is -0.120. The molecular weight excluding hydrogens is 411 g/mol. The average molecular weight is 434 g/mol. The Morgan fingerprint density at radius 3 is 2.66 bits per heavy atom. The summed E-state index contributed by atoms with van der Waals surface area (Å²) < 4.78 is 24.6. The molecule has 1 amide bonds. The Hall–Kier alpha value is -3.68. The van der Waals surface area contributed by atoms with Crippen molar-refractivity contribution in [2.45, 2.75) is 12.8 Å². The molecule has 1 fully saturated rings. The second-order valence-electron chi connectivity index (χ2n) is 7.91. The van der Waals surface area contributed by atoms with Crippen LogP contribution in [0.2, 0.25) is 0 Å². The number of anilines is 2. The first-order chi connectivity index (χ1) is 15.7. The zero-order valence-electron chi connectivity index (χ0n) is 17.5. The summed E-state index contributed by atoms with van der Waals surface area (Å²) in [5.74, 6) is 1.39. The van der Waals surface area contributed by atoms with Crippen molar-refractivity contribution in [3.8, 4) is 22.6 Å². The van der Waals surface area contributed by atoms with Crippen LogP contribution in [0.1, 0.15) is 12.8 Å². The van der Waals surface area contributed by atoms with Gasteiger partial charge in [0.1, 0.15) is 19.0 Å². The molecule has 3 aromatic rings. The first-order valence-electron chi connectivity index (χ1n) is 10.7. The van der Waals surface area contributed by atoms with E-state index < -0.39 is 0 Å². The maximum absolute atomic E-state index is 13.5. The average Bonchev–Trinajstić information content (AvgIpc) is 2.84. The number of fused-ring (bicyclic) bond motifs is 1. The van der Waals surface area contributed by atoms with Gasteiger partial charge in [0, 0.05) is 42.8 Å². The van der Waals surface area contributed by atoms with Crippen LogP contribution in [0.15, 0.2) is 54.9 Å². The molecule has 0 aliphatic carbocycles. The summed E-state index contributed by atoms with van der Waals surface area (Å²) in [5, 5.41) is 2.99. The molecule has 2 aliphatic heterocycles. The number of aromatic nitrogens is 2. The van der Waals surface area contributed by atoms with Crippen LogP contribution in [0.25, 0.3) is 11.1 Å². The van der Waals surface area contributed by atoms with E-state index in [2.05, 4.69) is 15.3 Å². The van der Waals surface area contributed by atoms with Crippen LogP contribution in [0, 0.1) is 11.7 Å². The van der Waals surface area contributed by atoms with Crippen LogP contribution in [-0.2, 0) is 4.79 Å². The van der Waals surface area contributed by atoms with Gasteiger partial charge in [-0.3, -0.25) is 4.79 Å². The molecule has 1 atom stereocenters. The lowest BCUT2D eigenvalue weighted by Crippen LogP contribution is -2.41. The molecule has 0 bridgehead atoms. The minimum atomic E-state index is -0.297. The van der Waals surface area contributed by atoms with Gasteiger partial charge < -0.3 is 19.7 Å². The highest BCUT2D eigenvalue weighted by Gasteiger charge is 2.27. The van der Waals surface area contributed by atoms with E-state index in [-0.39, 0.29) is 17.6 Å². The lowest BCUT2D eigenvalue weighted by atomic mass is 9.97. The number of nitrogens with one attached hydrogen (secondary N) is 1. The standard InChI is InChI=1S/C24H23FN4O3/c25-19-5-1-3-16(11-19)18-13-26-24(27-14-18)29-8-2-4-17(15-29)23(30)28-20-6-7-21-22(12-20)32-10-9-31-21/h1,3,5-7,11-14,17H,2,4,8-10,15H2,(H,28,30)/t17-/m1/s1. The molecule has 1 N–H and O–H groups in total. The molecule has 8 heteroatoms. The molecule has 1 saturated heterocycles. The molecule has 2 aliphatic rings. The molecular formula is C24H23FN4O3. The number of halogens is 1. The fraction of sp³-hybridized carbons (Fsp3) is 0.292. The number of carbonyl (C=O) groups is 1. The van der Waals surface area contributed by atoms with E-state index in [1.165, 1.54) is 12.1 Å². The summed E-state index contributed by atoms with van der Waals surface area (Å²) in [6.45, 7) is 2.35. The Balaban J connectivity index is 1.24. The van der Waals surface area contributed by atoms with Gasteiger partial charge in [-0.15, -0.1) is 0 Å². The predicted molar refractivity (Wildman–Crippen MR) is 118 cm³/mol. The smallest absolute Gasteiger partial charge is 0.229 e. The van der Waals surface area contributed by atoms with E-state index in [0.29, 0.717) is 42.9 Å². The number of nitrogens with zero attached hydrogens (tertiary/aromatic N) is 3. The van der Waals surface area contributed by atoms with Crippen molar-refractivity contribution in [3.05, 3.63) is 60.7 Å². The van der Waals surface area contributed by atoms with Crippen molar-refractivity contribution in [2.24, 2.45) is 5.92 Å². The zero-order valence-corrected chi connectivity index (χ0v) is 17.5. The van der Waals surface area contributed by atoms with Crippen LogP contribution in [0.4, 0.5) is 16.0 Å². The molecule has 1 aromatic heterocycles. The quantitative estimate of drug-likeness (QED) is 0.671. The molecule has 0 saturated carbocycles. The van der Waals surface area contributed by atoms with E-state index in [9.17, 15) is 9.18 Å². The van der Waals surface area contributed by atoms with E-state index in [1.807, 2.05) is 23.1 Å². The van der Waals surface area contributed by atoms with Crippen molar-refractivity contribution < 1.29 is 18.7 Å². The van der Waals surface area contributed by atoms with Crippen LogP contribution in [-0.4, -0.2) is 42.2 Å². The molecule has 5 rings (SSSR count). The summed E-state index contributed by atoms with van der Waals surface area (Å²) >= 11 is 0. The third-order valence-electron chi connectivity index (χ3n) is 5.68. The minimum Gasteiger partial charge on any atom is -0.486 e. The summed E-state index contributed by atoms with van der Waals surface area (Å²) in [6.07, 6.45) is 5.05. The van der Waals surface area contributed by atoms with Crippen molar-refractivity contribution in [2.75, 3.05) is 36.5 Å². The third kappa shape index (κ3) is 4.34. The number of hydrogen-bond donors (Lipinski definition) is 1. The first-order valence-corrected chi connectivity index (χ1v) is 10.7. The van der Waals surface area contributed by atoms with Gasteiger partial charge in [-0.25, -0.2) is 14.4 Å². The molecule has 7 nitrogen and oxygen atoms in total. The molecule has 0 spiro atoms. The molecule has 0 radical (unpaired) electrons. The van der Waals surface area contributed by atoms with Crippen LogP contribution < -0.4 is 19.7 Å². The Morgan fingerprint density at radius 2 is 1.84 bits per heavy atom. The third-order valence-corrected chi connectivity index (χ3v) is 5.68. The Labute approximate surface area is 185 Å². The SMILES string of the molecule is O=C(Nc1ccc2c(c1)OCCO2)[C@@H]1CCCN(c2ncc(-c3cccc(F)c3)cn2)C1. The first kappa shape index (κ1) is 20.2. The van der Waals surface area contributed by atoms with E-state index in [4.69, 9.17) is 9.47 Å². The van der Waals surface area contributed by atoms with Gasteiger partial charge in [0.25, 0.3) is 0 Å². The fourth-order valence-electron chi connectivity index (χ4n) is 4.04. The highest BCUT2D eigenvalue weighted by atomic mass is 19.1. The van der Waals surface area contributed by atoms with Crippen molar-refractivity contribution in [1.82, 2.24) is 9.97 Å². The Morgan fingerprint density at radius 1 is 1.03 bits per heavy atom. The maximum Gasteiger partial charge on any atom is 0.229 e.